The van der Waals surface area contributed by atoms with E-state index < -0.39 is 0 Å². The molecule has 5 nitrogen and oxygen atoms in total. The molecule has 156 valence electrons. The molecule has 1 saturated carbocycles. The molecule has 2 fully saturated rings. The molecule has 2 aliphatic rings. The zero-order chi connectivity index (χ0) is 17.9. The van der Waals surface area contributed by atoms with Crippen LogP contribution in [0.25, 0.3) is 11.0 Å². The molecule has 1 N–H and O–H groups in total. The third kappa shape index (κ3) is 5.56. The van der Waals surface area contributed by atoms with Crippen molar-refractivity contribution in [3.8, 4) is 0 Å². The number of carbonyl (C=O) groups excluding carboxylic acids is 1. The quantitative estimate of drug-likeness (QED) is 0.706. The van der Waals surface area contributed by atoms with E-state index in [4.69, 9.17) is 4.98 Å². The van der Waals surface area contributed by atoms with Gasteiger partial charge in [0.1, 0.15) is 12.4 Å². The second-order valence-electron chi connectivity index (χ2n) is 7.54. The van der Waals surface area contributed by atoms with Crippen LogP contribution in [0.2, 0.25) is 0 Å². The lowest BCUT2D eigenvalue weighted by Crippen LogP contribution is -2.46. The van der Waals surface area contributed by atoms with E-state index in [1.165, 1.54) is 12.8 Å². The number of para-hydroxylation sites is 2. The van der Waals surface area contributed by atoms with E-state index >= 15 is 0 Å². The minimum absolute atomic E-state index is 0. The molecule has 1 aliphatic heterocycles. The Morgan fingerprint density at radius 3 is 2.57 bits per heavy atom. The van der Waals surface area contributed by atoms with Crippen LogP contribution in [-0.4, -0.2) is 52.3 Å². The number of thioether (sulfide) groups is 1. The van der Waals surface area contributed by atoms with Gasteiger partial charge in [-0.1, -0.05) is 12.1 Å². The molecule has 2 aromatic rings. The lowest BCUT2D eigenvalue weighted by atomic mass is 10.0. The first-order valence-electron chi connectivity index (χ1n) is 9.69. The van der Waals surface area contributed by atoms with Crippen LogP contribution in [0.4, 0.5) is 0 Å². The van der Waals surface area contributed by atoms with Crippen LogP contribution in [0.3, 0.4) is 0 Å². The largest absolute Gasteiger partial charge is 0.341 e. The third-order valence-corrected chi connectivity index (χ3v) is 6.09. The monoisotopic (exact) mass is 444 g/mol. The minimum Gasteiger partial charge on any atom is -0.341 e. The van der Waals surface area contributed by atoms with Crippen molar-refractivity contribution >= 4 is 53.5 Å². The summed E-state index contributed by atoms with van der Waals surface area (Å²) in [7, 11) is 0. The number of nitrogens with zero attached hydrogens (tertiary/aromatic N) is 3. The molecule has 28 heavy (non-hydrogen) atoms. The van der Waals surface area contributed by atoms with Crippen LogP contribution in [0.1, 0.15) is 31.5 Å². The average molecular weight is 445 g/mol. The highest BCUT2D eigenvalue weighted by Crippen LogP contribution is 2.28. The van der Waals surface area contributed by atoms with E-state index in [2.05, 4.69) is 22.2 Å². The molecule has 1 aliphatic carbocycles. The van der Waals surface area contributed by atoms with E-state index in [0.29, 0.717) is 12.6 Å². The Kier molecular flexibility index (Phi) is 8.93. The Hall–Kier alpha value is -0.950. The van der Waals surface area contributed by atoms with E-state index in [9.17, 15) is 4.79 Å². The normalized spacial score (nSPS) is 17.2. The number of imidazole rings is 1. The summed E-state index contributed by atoms with van der Waals surface area (Å²) in [6, 6.07) is 8.69. The van der Waals surface area contributed by atoms with Gasteiger partial charge < -0.3 is 14.8 Å². The minimum atomic E-state index is 0. The molecular formula is C20H30Cl2N4OS. The number of hydrogen-bond acceptors (Lipinski definition) is 4. The highest BCUT2D eigenvalue weighted by atomic mass is 35.5. The highest BCUT2D eigenvalue weighted by molar-refractivity contribution is 7.97. The second-order valence-corrected chi connectivity index (χ2v) is 8.41. The van der Waals surface area contributed by atoms with Crippen molar-refractivity contribution in [2.75, 3.05) is 25.9 Å². The molecule has 2 heterocycles. The molecule has 0 atom stereocenters. The van der Waals surface area contributed by atoms with Gasteiger partial charge in [0.15, 0.2) is 0 Å². The number of rotatable bonds is 7. The smallest absolute Gasteiger partial charge is 0.242 e. The number of carbonyl (C=O) groups is 1. The van der Waals surface area contributed by atoms with Crippen LogP contribution < -0.4 is 5.32 Å². The Balaban J connectivity index is 0.00000140. The van der Waals surface area contributed by atoms with Gasteiger partial charge in [-0.25, -0.2) is 4.98 Å². The van der Waals surface area contributed by atoms with Crippen molar-refractivity contribution in [3.05, 3.63) is 30.1 Å². The van der Waals surface area contributed by atoms with Crippen molar-refractivity contribution in [3.63, 3.8) is 0 Å². The summed E-state index contributed by atoms with van der Waals surface area (Å²) < 4.78 is 2.10. The van der Waals surface area contributed by atoms with Crippen molar-refractivity contribution < 1.29 is 4.79 Å². The first kappa shape index (κ1) is 23.3. The maximum atomic E-state index is 12.9. The highest BCUT2D eigenvalue weighted by Gasteiger charge is 2.26. The number of aromatic nitrogens is 2. The molecule has 8 heteroatoms. The zero-order valence-corrected chi connectivity index (χ0v) is 18.8. The summed E-state index contributed by atoms with van der Waals surface area (Å²) in [5, 5.41) is 3.68. The molecule has 4 rings (SSSR count). The molecule has 1 aromatic carbocycles. The van der Waals surface area contributed by atoms with Crippen LogP contribution in [0, 0.1) is 5.92 Å². The van der Waals surface area contributed by atoms with Crippen LogP contribution >= 0.6 is 36.6 Å². The number of piperidine rings is 1. The summed E-state index contributed by atoms with van der Waals surface area (Å²) in [6.07, 6.45) is 7.00. The fourth-order valence-corrected chi connectivity index (χ4v) is 4.24. The number of likely N-dealkylation sites (tertiary alicyclic amines) is 1. The molecule has 0 unspecified atom stereocenters. The van der Waals surface area contributed by atoms with Crippen LogP contribution in [0.15, 0.2) is 24.3 Å². The van der Waals surface area contributed by atoms with Gasteiger partial charge in [-0.05, 0) is 56.5 Å². The lowest BCUT2D eigenvalue weighted by Gasteiger charge is -2.33. The number of nitrogens with one attached hydrogen (secondary N) is 1. The molecule has 1 aromatic heterocycles. The maximum absolute atomic E-state index is 12.9. The zero-order valence-electron chi connectivity index (χ0n) is 16.3. The topological polar surface area (TPSA) is 50.2 Å². The first-order chi connectivity index (χ1) is 12.7. The number of halogens is 2. The van der Waals surface area contributed by atoms with E-state index in [-0.39, 0.29) is 30.7 Å². The summed E-state index contributed by atoms with van der Waals surface area (Å²) in [4.78, 5) is 19.7. The van der Waals surface area contributed by atoms with Gasteiger partial charge in [-0.3, -0.25) is 4.79 Å². The summed E-state index contributed by atoms with van der Waals surface area (Å²) in [5.74, 6) is 2.96. The average Bonchev–Trinajstić information content (AvgIpc) is 3.44. The maximum Gasteiger partial charge on any atom is 0.242 e. The standard InChI is InChI=1S/C20H28N4OS.2ClH/c1-26-14-19-22-17-4-2-3-5-18(17)24(19)13-20(25)23-10-8-16(9-11-23)21-12-15-6-7-15;;/h2-5,15-16,21H,6-14H2,1H3;2*1H. The Bertz CT molecular complexity index is 773. The van der Waals surface area contributed by atoms with E-state index in [0.717, 1.165) is 61.0 Å². The second kappa shape index (κ2) is 10.7. The fraction of sp³-hybridized carbons (Fsp3) is 0.600. The molecule has 0 spiro atoms. The van der Waals surface area contributed by atoms with Gasteiger partial charge in [-0.15, -0.1) is 24.8 Å². The number of benzene rings is 1. The van der Waals surface area contributed by atoms with Gasteiger partial charge in [-0.2, -0.15) is 11.8 Å². The Morgan fingerprint density at radius 1 is 1.18 bits per heavy atom. The fourth-order valence-electron chi connectivity index (χ4n) is 3.76. The van der Waals surface area contributed by atoms with Crippen molar-refractivity contribution in [2.24, 2.45) is 5.92 Å². The summed E-state index contributed by atoms with van der Waals surface area (Å²) in [6.45, 7) is 3.30. The van der Waals surface area contributed by atoms with Gasteiger partial charge in [0, 0.05) is 19.1 Å². The van der Waals surface area contributed by atoms with E-state index in [1.54, 1.807) is 11.8 Å². The first-order valence-corrected chi connectivity index (χ1v) is 11.1. The van der Waals surface area contributed by atoms with Gasteiger partial charge >= 0.3 is 0 Å². The Morgan fingerprint density at radius 2 is 1.89 bits per heavy atom. The van der Waals surface area contributed by atoms with Crippen molar-refractivity contribution in [2.45, 2.75) is 44.0 Å². The number of hydrogen-bond donors (Lipinski definition) is 1. The van der Waals surface area contributed by atoms with E-state index in [1.807, 2.05) is 23.1 Å². The molecule has 0 bridgehead atoms. The predicted octanol–water partition coefficient (Wildman–Crippen LogP) is 3.73. The molecular weight excluding hydrogens is 415 g/mol. The van der Waals surface area contributed by atoms with Crippen LogP contribution in [0.5, 0.6) is 0 Å². The number of fused-ring (bicyclic) bond motifs is 1. The summed E-state index contributed by atoms with van der Waals surface area (Å²) >= 11 is 1.74. The SMILES string of the molecule is CSCc1nc2ccccc2n1CC(=O)N1CCC(NCC2CC2)CC1.Cl.Cl. The summed E-state index contributed by atoms with van der Waals surface area (Å²) in [5.41, 5.74) is 2.04. The number of amides is 1. The van der Waals surface area contributed by atoms with Gasteiger partial charge in [0.05, 0.1) is 16.8 Å². The third-order valence-electron chi connectivity index (χ3n) is 5.54. The lowest BCUT2D eigenvalue weighted by molar-refractivity contribution is -0.132. The molecule has 1 saturated heterocycles. The van der Waals surface area contributed by atoms with Crippen LogP contribution in [-0.2, 0) is 17.1 Å². The van der Waals surface area contributed by atoms with Gasteiger partial charge in [0.2, 0.25) is 5.91 Å². The van der Waals surface area contributed by atoms with Gasteiger partial charge in [0.25, 0.3) is 0 Å². The van der Waals surface area contributed by atoms with Crippen molar-refractivity contribution in [1.29, 1.82) is 0 Å². The molecule has 1 amide bonds. The van der Waals surface area contributed by atoms with Crippen molar-refractivity contribution in [1.82, 2.24) is 19.8 Å². The predicted molar refractivity (Wildman–Crippen MR) is 122 cm³/mol. The molecule has 0 radical (unpaired) electrons. The Labute approximate surface area is 183 Å².